The quantitative estimate of drug-likeness (QED) is 0.635. The zero-order chi connectivity index (χ0) is 20.7. The van der Waals surface area contributed by atoms with E-state index in [2.05, 4.69) is 10.6 Å². The van der Waals surface area contributed by atoms with Crippen LogP contribution in [0.4, 0.5) is 11.4 Å². The SMILES string of the molecule is CCC[NH+](CC(=O)Nc1ccccc1C)CC(=O)Nc1c(C)cc(C)cc1Cl. The second kappa shape index (κ2) is 10.2. The van der Waals surface area contributed by atoms with Crippen LogP contribution in [0.15, 0.2) is 36.4 Å². The predicted octanol–water partition coefficient (Wildman–Crippen LogP) is 3.14. The third kappa shape index (κ3) is 6.36. The van der Waals surface area contributed by atoms with E-state index in [1.54, 1.807) is 0 Å². The summed E-state index contributed by atoms with van der Waals surface area (Å²) in [5, 5.41) is 6.37. The Kier molecular flexibility index (Phi) is 8.03. The van der Waals surface area contributed by atoms with Gasteiger partial charge in [-0.05, 0) is 56.0 Å². The molecular weight excluding hydrogens is 374 g/mol. The molecule has 2 amide bonds. The van der Waals surface area contributed by atoms with Crippen molar-refractivity contribution < 1.29 is 14.5 Å². The van der Waals surface area contributed by atoms with Crippen molar-refractivity contribution in [2.75, 3.05) is 30.3 Å². The Morgan fingerprint density at radius 3 is 2.21 bits per heavy atom. The molecule has 6 heteroatoms. The first-order chi connectivity index (χ1) is 13.3. The number of hydrogen-bond donors (Lipinski definition) is 3. The number of carbonyl (C=O) groups is 2. The van der Waals surface area contributed by atoms with Gasteiger partial charge >= 0.3 is 0 Å². The summed E-state index contributed by atoms with van der Waals surface area (Å²) in [6, 6.07) is 11.5. The largest absolute Gasteiger partial charge is 0.321 e. The summed E-state index contributed by atoms with van der Waals surface area (Å²) in [6.07, 6.45) is 0.880. The van der Waals surface area contributed by atoms with Crippen molar-refractivity contribution in [1.82, 2.24) is 0 Å². The van der Waals surface area contributed by atoms with Crippen molar-refractivity contribution >= 4 is 34.8 Å². The highest BCUT2D eigenvalue weighted by atomic mass is 35.5. The number of nitrogens with one attached hydrogen (secondary N) is 3. The van der Waals surface area contributed by atoms with Gasteiger partial charge in [0.2, 0.25) is 0 Å². The molecule has 2 rings (SSSR count). The Labute approximate surface area is 172 Å². The number of anilines is 2. The van der Waals surface area contributed by atoms with Crippen molar-refractivity contribution in [1.29, 1.82) is 0 Å². The van der Waals surface area contributed by atoms with Crippen molar-refractivity contribution in [2.24, 2.45) is 0 Å². The number of hydrogen-bond acceptors (Lipinski definition) is 2. The molecule has 0 aliphatic carbocycles. The maximum atomic E-state index is 12.6. The lowest BCUT2D eigenvalue weighted by Gasteiger charge is -2.19. The van der Waals surface area contributed by atoms with Crippen LogP contribution in [0.5, 0.6) is 0 Å². The summed E-state index contributed by atoms with van der Waals surface area (Å²) in [7, 11) is 0. The van der Waals surface area contributed by atoms with Crippen LogP contribution in [0, 0.1) is 20.8 Å². The topological polar surface area (TPSA) is 62.6 Å². The fourth-order valence-electron chi connectivity index (χ4n) is 3.21. The highest BCUT2D eigenvalue weighted by molar-refractivity contribution is 6.34. The molecule has 0 saturated heterocycles. The van der Waals surface area contributed by atoms with Gasteiger partial charge in [0.25, 0.3) is 11.8 Å². The maximum absolute atomic E-state index is 12.6. The summed E-state index contributed by atoms with van der Waals surface area (Å²) >= 11 is 6.28. The number of amides is 2. The lowest BCUT2D eigenvalue weighted by molar-refractivity contribution is -0.883. The van der Waals surface area contributed by atoms with E-state index in [9.17, 15) is 9.59 Å². The van der Waals surface area contributed by atoms with Crippen molar-refractivity contribution in [3.8, 4) is 0 Å². The van der Waals surface area contributed by atoms with Gasteiger partial charge in [0.15, 0.2) is 13.1 Å². The number of para-hydroxylation sites is 1. The van der Waals surface area contributed by atoms with Gasteiger partial charge in [-0.25, -0.2) is 0 Å². The summed E-state index contributed by atoms with van der Waals surface area (Å²) in [6.45, 7) is 9.04. The highest BCUT2D eigenvalue weighted by Gasteiger charge is 2.19. The predicted molar refractivity (Wildman–Crippen MR) is 115 cm³/mol. The smallest absolute Gasteiger partial charge is 0.279 e. The Morgan fingerprint density at radius 1 is 0.964 bits per heavy atom. The molecule has 1 atom stereocenters. The Bertz CT molecular complexity index is 828. The third-order valence-corrected chi connectivity index (χ3v) is 4.84. The normalized spacial score (nSPS) is 11.8. The number of halogens is 1. The average Bonchev–Trinajstić information content (AvgIpc) is 2.60. The Morgan fingerprint density at radius 2 is 1.61 bits per heavy atom. The van der Waals surface area contributed by atoms with E-state index < -0.39 is 0 Å². The molecule has 0 spiro atoms. The van der Waals surface area contributed by atoms with Crippen LogP contribution in [0.2, 0.25) is 5.02 Å². The molecule has 0 heterocycles. The molecule has 0 fully saturated rings. The second-order valence-electron chi connectivity index (χ2n) is 7.20. The van der Waals surface area contributed by atoms with Crippen LogP contribution in [0.25, 0.3) is 0 Å². The van der Waals surface area contributed by atoms with Gasteiger partial charge in [-0.3, -0.25) is 9.59 Å². The number of aryl methyl sites for hydroxylation is 3. The van der Waals surface area contributed by atoms with E-state index in [0.717, 1.165) is 40.2 Å². The van der Waals surface area contributed by atoms with Crippen molar-refractivity contribution in [3.05, 3.63) is 58.1 Å². The first-order valence-electron chi connectivity index (χ1n) is 9.55. The molecular formula is C22H29ClN3O2+. The number of benzene rings is 2. The van der Waals surface area contributed by atoms with Crippen molar-refractivity contribution in [2.45, 2.75) is 34.1 Å². The van der Waals surface area contributed by atoms with E-state index in [4.69, 9.17) is 11.6 Å². The van der Waals surface area contributed by atoms with Gasteiger partial charge in [0.05, 0.1) is 17.3 Å². The molecule has 0 aliphatic rings. The Hall–Kier alpha value is -2.37. The number of rotatable bonds is 8. The van der Waals surface area contributed by atoms with Gasteiger partial charge in [0, 0.05) is 5.69 Å². The van der Waals surface area contributed by atoms with E-state index in [0.29, 0.717) is 10.7 Å². The number of quaternary nitrogens is 1. The van der Waals surface area contributed by atoms with Crippen LogP contribution in [0.1, 0.15) is 30.0 Å². The van der Waals surface area contributed by atoms with Gasteiger partial charge in [-0.15, -0.1) is 0 Å². The zero-order valence-corrected chi connectivity index (χ0v) is 17.7. The van der Waals surface area contributed by atoms with Gasteiger partial charge in [-0.2, -0.15) is 0 Å². The van der Waals surface area contributed by atoms with Crippen LogP contribution >= 0.6 is 11.6 Å². The molecule has 1 unspecified atom stereocenters. The minimum atomic E-state index is -0.152. The standard InChI is InChI=1S/C22H28ClN3O2/c1-5-10-26(13-20(27)24-19-9-7-6-8-16(19)3)14-21(28)25-22-17(4)11-15(2)12-18(22)23/h6-9,11-12H,5,10,13-14H2,1-4H3,(H,24,27)(H,25,28)/p+1. The van der Waals surface area contributed by atoms with Gasteiger partial charge in [-0.1, -0.05) is 42.8 Å². The minimum Gasteiger partial charge on any atom is -0.321 e. The molecule has 0 saturated carbocycles. The fourth-order valence-corrected chi connectivity index (χ4v) is 3.58. The maximum Gasteiger partial charge on any atom is 0.279 e. The summed E-state index contributed by atoms with van der Waals surface area (Å²) in [5.74, 6) is -0.254. The fraction of sp³-hybridized carbons (Fsp3) is 0.364. The first kappa shape index (κ1) is 21.9. The monoisotopic (exact) mass is 402 g/mol. The minimum absolute atomic E-state index is 0.102. The highest BCUT2D eigenvalue weighted by Crippen LogP contribution is 2.27. The third-order valence-electron chi connectivity index (χ3n) is 4.54. The first-order valence-corrected chi connectivity index (χ1v) is 9.93. The van der Waals surface area contributed by atoms with E-state index in [1.165, 1.54) is 0 Å². The van der Waals surface area contributed by atoms with E-state index in [-0.39, 0.29) is 24.9 Å². The van der Waals surface area contributed by atoms with Crippen LogP contribution in [0.3, 0.4) is 0 Å². The second-order valence-corrected chi connectivity index (χ2v) is 7.61. The molecule has 2 aromatic carbocycles. The summed E-state index contributed by atoms with van der Waals surface area (Å²) in [5.41, 5.74) is 4.42. The van der Waals surface area contributed by atoms with Crippen LogP contribution < -0.4 is 15.5 Å². The zero-order valence-electron chi connectivity index (χ0n) is 17.0. The molecule has 5 nitrogen and oxygen atoms in total. The van der Waals surface area contributed by atoms with E-state index in [1.807, 2.05) is 64.1 Å². The van der Waals surface area contributed by atoms with Crippen LogP contribution in [-0.4, -0.2) is 31.4 Å². The molecule has 0 aromatic heterocycles. The number of carbonyl (C=O) groups excluding carboxylic acids is 2. The molecule has 0 aliphatic heterocycles. The molecule has 3 N–H and O–H groups in total. The van der Waals surface area contributed by atoms with Crippen molar-refractivity contribution in [3.63, 3.8) is 0 Å². The van der Waals surface area contributed by atoms with Gasteiger partial charge in [0.1, 0.15) is 0 Å². The van der Waals surface area contributed by atoms with Gasteiger partial charge < -0.3 is 15.5 Å². The molecule has 0 radical (unpaired) electrons. The molecule has 0 bridgehead atoms. The average molecular weight is 403 g/mol. The summed E-state index contributed by atoms with van der Waals surface area (Å²) in [4.78, 5) is 25.9. The lowest BCUT2D eigenvalue weighted by Crippen LogP contribution is -3.14. The molecule has 2 aromatic rings. The Balaban J connectivity index is 1.99. The molecule has 28 heavy (non-hydrogen) atoms. The summed E-state index contributed by atoms with van der Waals surface area (Å²) < 4.78 is 0. The molecule has 150 valence electrons. The van der Waals surface area contributed by atoms with E-state index >= 15 is 0 Å². The van der Waals surface area contributed by atoms with Crippen LogP contribution in [-0.2, 0) is 9.59 Å². The lowest BCUT2D eigenvalue weighted by atomic mass is 10.1.